The number of benzene rings is 1. The summed E-state index contributed by atoms with van der Waals surface area (Å²) in [6, 6.07) is 3.76. The topological polar surface area (TPSA) is 12.0 Å². The third kappa shape index (κ3) is 3.40. The van der Waals surface area contributed by atoms with E-state index in [9.17, 15) is 0 Å². The smallest absolute Gasteiger partial charge is 0.0835 e. The molecule has 0 radical (unpaired) electrons. The van der Waals surface area contributed by atoms with Crippen LogP contribution in [0.15, 0.2) is 28.8 Å². The van der Waals surface area contributed by atoms with Gasteiger partial charge in [-0.25, -0.2) is 0 Å². The average Bonchev–Trinajstić information content (AvgIpc) is 2.24. The quantitative estimate of drug-likeness (QED) is 0.600. The summed E-state index contributed by atoms with van der Waals surface area (Å²) >= 11 is 15.4. The number of hydrogen-bond acceptors (Lipinski definition) is 1. The Morgan fingerprint density at radius 3 is 2.67 bits per heavy atom. The van der Waals surface area contributed by atoms with Crippen molar-refractivity contribution in [1.82, 2.24) is 0 Å². The van der Waals surface area contributed by atoms with E-state index in [1.165, 1.54) is 0 Å². The number of hydrogen-bond donors (Lipinski definition) is 1. The second kappa shape index (κ2) is 5.78. The van der Waals surface area contributed by atoms with Crippen molar-refractivity contribution in [2.45, 2.75) is 13.3 Å². The molecule has 0 bridgehead atoms. The third-order valence-corrected chi connectivity index (χ3v) is 3.84. The molecule has 0 aromatic heterocycles. The van der Waals surface area contributed by atoms with E-state index < -0.39 is 0 Å². The molecule has 0 fully saturated rings. The Kier molecular flexibility index (Phi) is 4.97. The molecule has 1 nitrogen and oxygen atoms in total. The van der Waals surface area contributed by atoms with Gasteiger partial charge in [-0.15, -0.1) is 0 Å². The fraction of sp³-hybridized carbons (Fsp3) is 0.273. The predicted octanol–water partition coefficient (Wildman–Crippen LogP) is 5.13. The van der Waals surface area contributed by atoms with Crippen molar-refractivity contribution in [3.05, 3.63) is 38.8 Å². The van der Waals surface area contributed by atoms with Crippen LogP contribution < -0.4 is 5.32 Å². The van der Waals surface area contributed by atoms with Gasteiger partial charge in [-0.3, -0.25) is 0 Å². The zero-order valence-electron chi connectivity index (χ0n) is 8.41. The lowest BCUT2D eigenvalue weighted by Crippen LogP contribution is -2.03. The van der Waals surface area contributed by atoms with Crippen molar-refractivity contribution in [3.8, 4) is 0 Å². The van der Waals surface area contributed by atoms with Gasteiger partial charge in [0.05, 0.1) is 15.7 Å². The van der Waals surface area contributed by atoms with Crippen LogP contribution in [0.1, 0.15) is 13.3 Å². The standard InChI is InChI=1S/C11H12BrCl2N/c1-3-7(2)6-15-9-5-4-8(12)10(13)11(9)14/h4-5,15H,2-3,6H2,1H3. The van der Waals surface area contributed by atoms with Crippen LogP contribution in [0.4, 0.5) is 5.69 Å². The molecule has 0 aliphatic carbocycles. The summed E-state index contributed by atoms with van der Waals surface area (Å²) in [4.78, 5) is 0. The van der Waals surface area contributed by atoms with Gasteiger partial charge in [0, 0.05) is 11.0 Å². The van der Waals surface area contributed by atoms with Gasteiger partial charge in [-0.2, -0.15) is 0 Å². The first-order chi connectivity index (χ1) is 7.06. The molecule has 15 heavy (non-hydrogen) atoms. The first-order valence-corrected chi connectivity index (χ1v) is 6.15. The number of rotatable bonds is 4. The van der Waals surface area contributed by atoms with Crippen molar-refractivity contribution in [1.29, 1.82) is 0 Å². The summed E-state index contributed by atoms with van der Waals surface area (Å²) in [5.41, 5.74) is 1.96. The van der Waals surface area contributed by atoms with E-state index in [2.05, 4.69) is 34.7 Å². The molecule has 0 unspecified atom stereocenters. The summed E-state index contributed by atoms with van der Waals surface area (Å²) < 4.78 is 0.800. The number of nitrogens with one attached hydrogen (secondary N) is 1. The van der Waals surface area contributed by atoms with Crippen LogP contribution in [0.5, 0.6) is 0 Å². The molecule has 0 spiro atoms. The van der Waals surface area contributed by atoms with Gasteiger partial charge in [0.25, 0.3) is 0 Å². The molecule has 1 N–H and O–H groups in total. The van der Waals surface area contributed by atoms with Crippen LogP contribution in [0, 0.1) is 0 Å². The van der Waals surface area contributed by atoms with E-state index >= 15 is 0 Å². The van der Waals surface area contributed by atoms with E-state index in [0.717, 1.165) is 22.2 Å². The zero-order valence-corrected chi connectivity index (χ0v) is 11.5. The van der Waals surface area contributed by atoms with Crippen LogP contribution in [0.3, 0.4) is 0 Å². The van der Waals surface area contributed by atoms with Crippen LogP contribution in [0.25, 0.3) is 0 Å². The predicted molar refractivity (Wildman–Crippen MR) is 72.1 cm³/mol. The molecular formula is C11H12BrCl2N. The Hall–Kier alpha value is -0.180. The minimum Gasteiger partial charge on any atom is -0.380 e. The molecule has 4 heteroatoms. The fourth-order valence-corrected chi connectivity index (χ4v) is 1.85. The lowest BCUT2D eigenvalue weighted by molar-refractivity contribution is 1.05. The third-order valence-electron chi connectivity index (χ3n) is 2.06. The van der Waals surface area contributed by atoms with Crippen LogP contribution in [0.2, 0.25) is 10.0 Å². The van der Waals surface area contributed by atoms with E-state index in [1.54, 1.807) is 0 Å². The normalized spacial score (nSPS) is 10.1. The van der Waals surface area contributed by atoms with Gasteiger partial charge in [0.15, 0.2) is 0 Å². The average molecular weight is 309 g/mol. The molecule has 0 atom stereocenters. The maximum absolute atomic E-state index is 6.07. The minimum atomic E-state index is 0.531. The van der Waals surface area contributed by atoms with E-state index in [4.69, 9.17) is 23.2 Å². The van der Waals surface area contributed by atoms with E-state index in [0.29, 0.717) is 16.6 Å². The Balaban J connectivity index is 2.78. The minimum absolute atomic E-state index is 0.531. The summed E-state index contributed by atoms with van der Waals surface area (Å²) in [5, 5.41) is 4.26. The molecule has 0 saturated heterocycles. The van der Waals surface area contributed by atoms with Crippen LogP contribution >= 0.6 is 39.1 Å². The molecular weight excluding hydrogens is 297 g/mol. The van der Waals surface area contributed by atoms with Gasteiger partial charge < -0.3 is 5.32 Å². The maximum Gasteiger partial charge on any atom is 0.0835 e. The van der Waals surface area contributed by atoms with Gasteiger partial charge in [0.2, 0.25) is 0 Å². The van der Waals surface area contributed by atoms with Crippen molar-refractivity contribution < 1.29 is 0 Å². The van der Waals surface area contributed by atoms with Gasteiger partial charge >= 0.3 is 0 Å². The second-order valence-electron chi connectivity index (χ2n) is 3.18. The van der Waals surface area contributed by atoms with Crippen LogP contribution in [-0.2, 0) is 0 Å². The lowest BCUT2D eigenvalue weighted by Gasteiger charge is -2.10. The van der Waals surface area contributed by atoms with Crippen LogP contribution in [-0.4, -0.2) is 6.54 Å². The molecule has 1 rings (SSSR count). The highest BCUT2D eigenvalue weighted by molar-refractivity contribution is 9.10. The molecule has 0 saturated carbocycles. The molecule has 0 aliphatic heterocycles. The first-order valence-electron chi connectivity index (χ1n) is 4.60. The number of anilines is 1. The largest absolute Gasteiger partial charge is 0.380 e. The Morgan fingerprint density at radius 1 is 1.40 bits per heavy atom. The maximum atomic E-state index is 6.07. The van der Waals surface area contributed by atoms with Crippen molar-refractivity contribution >= 4 is 44.8 Å². The Bertz CT molecular complexity index is 377. The number of halogens is 3. The molecule has 1 aromatic carbocycles. The molecule has 82 valence electrons. The summed E-state index contributed by atoms with van der Waals surface area (Å²) in [6.07, 6.45) is 0.953. The SMILES string of the molecule is C=C(CC)CNc1ccc(Br)c(Cl)c1Cl. The second-order valence-corrected chi connectivity index (χ2v) is 4.79. The fourth-order valence-electron chi connectivity index (χ4n) is 1.01. The summed E-state index contributed by atoms with van der Waals surface area (Å²) in [5.74, 6) is 0. The van der Waals surface area contributed by atoms with Crippen molar-refractivity contribution in [2.75, 3.05) is 11.9 Å². The van der Waals surface area contributed by atoms with Gasteiger partial charge in [-0.1, -0.05) is 42.3 Å². The van der Waals surface area contributed by atoms with Crippen molar-refractivity contribution in [2.24, 2.45) is 0 Å². The first kappa shape index (κ1) is 12.9. The summed E-state index contributed by atoms with van der Waals surface area (Å²) in [6.45, 7) is 6.70. The lowest BCUT2D eigenvalue weighted by atomic mass is 10.2. The Morgan fingerprint density at radius 2 is 2.07 bits per heavy atom. The van der Waals surface area contributed by atoms with Gasteiger partial charge in [-0.05, 0) is 34.5 Å². The summed E-state index contributed by atoms with van der Waals surface area (Å²) in [7, 11) is 0. The Labute approximate surface area is 109 Å². The highest BCUT2D eigenvalue weighted by Gasteiger charge is 2.07. The van der Waals surface area contributed by atoms with Crippen molar-refractivity contribution in [3.63, 3.8) is 0 Å². The van der Waals surface area contributed by atoms with Gasteiger partial charge in [0.1, 0.15) is 0 Å². The highest BCUT2D eigenvalue weighted by atomic mass is 79.9. The highest BCUT2D eigenvalue weighted by Crippen LogP contribution is 2.35. The van der Waals surface area contributed by atoms with E-state index in [-0.39, 0.29) is 0 Å². The monoisotopic (exact) mass is 307 g/mol. The molecule has 0 amide bonds. The zero-order chi connectivity index (χ0) is 11.4. The molecule has 0 aliphatic rings. The van der Waals surface area contributed by atoms with E-state index in [1.807, 2.05) is 12.1 Å². The molecule has 1 aromatic rings. The molecule has 0 heterocycles.